The molecule has 0 rings (SSSR count). The molecule has 0 radical (unpaired) electrons. The summed E-state index contributed by atoms with van der Waals surface area (Å²) in [4.78, 5) is 41.4. The molecular formula is C8H8O8. The lowest BCUT2D eigenvalue weighted by atomic mass is 10.2. The van der Waals surface area contributed by atoms with Crippen LogP contribution < -0.4 is 0 Å². The maximum absolute atomic E-state index is 10.8. The largest absolute Gasteiger partial charge is 0.481 e. The lowest BCUT2D eigenvalue weighted by Gasteiger charge is -2.09. The number of carbonyl (C=O) groups excluding carboxylic acids is 1. The Kier molecular flexibility index (Phi) is 5.25. The third-order valence-electron chi connectivity index (χ3n) is 1.26. The van der Waals surface area contributed by atoms with Crippen LogP contribution >= 0.6 is 0 Å². The maximum Gasteiger partial charge on any atom is 0.345 e. The number of esters is 1. The van der Waals surface area contributed by atoms with Gasteiger partial charge >= 0.3 is 23.9 Å². The van der Waals surface area contributed by atoms with Crippen LogP contribution in [0.2, 0.25) is 0 Å². The molecule has 1 atom stereocenters. The molecule has 0 amide bonds. The summed E-state index contributed by atoms with van der Waals surface area (Å²) in [6, 6.07) is 0. The van der Waals surface area contributed by atoms with Crippen LogP contribution in [-0.2, 0) is 23.9 Å². The topological polar surface area (TPSA) is 138 Å². The first kappa shape index (κ1) is 13.6. The van der Waals surface area contributed by atoms with Crippen LogP contribution in [0, 0.1) is 0 Å². The lowest BCUT2D eigenvalue weighted by molar-refractivity contribution is -0.164. The molecule has 0 bridgehead atoms. The van der Waals surface area contributed by atoms with Crippen molar-refractivity contribution in [3.63, 3.8) is 0 Å². The number of carboxylic acids is 3. The van der Waals surface area contributed by atoms with Crippen molar-refractivity contribution in [2.45, 2.75) is 12.5 Å². The van der Waals surface area contributed by atoms with Gasteiger partial charge in [-0.25, -0.2) is 14.4 Å². The standard InChI is InChI=1S/C8H8O8/c9-5(10)1-2-7(13)16-4(8(14)15)3-6(11)12/h1-2,4H,3H2,(H,9,10)(H,11,12)(H,14,15). The fourth-order valence-corrected chi connectivity index (χ4v) is 0.657. The minimum absolute atomic E-state index is 0.446. The quantitative estimate of drug-likeness (QED) is 0.395. The van der Waals surface area contributed by atoms with Gasteiger partial charge in [-0.05, 0) is 0 Å². The Bertz CT molecular complexity index is 342. The first-order valence-electron chi connectivity index (χ1n) is 3.89. The predicted molar refractivity (Wildman–Crippen MR) is 46.5 cm³/mol. The zero-order chi connectivity index (χ0) is 12.7. The molecular weight excluding hydrogens is 224 g/mol. The molecule has 0 saturated heterocycles. The molecule has 8 heteroatoms. The molecule has 0 aromatic heterocycles. The van der Waals surface area contributed by atoms with Crippen LogP contribution in [0.25, 0.3) is 0 Å². The summed E-state index contributed by atoms with van der Waals surface area (Å²) < 4.78 is 4.20. The Morgan fingerprint density at radius 2 is 1.62 bits per heavy atom. The SMILES string of the molecule is O=C(O)C=CC(=O)OC(CC(=O)O)C(=O)O. The molecule has 0 aromatic rings. The van der Waals surface area contributed by atoms with E-state index in [1.54, 1.807) is 0 Å². The minimum Gasteiger partial charge on any atom is -0.481 e. The van der Waals surface area contributed by atoms with Crippen LogP contribution in [-0.4, -0.2) is 45.3 Å². The van der Waals surface area contributed by atoms with Gasteiger partial charge in [-0.1, -0.05) is 0 Å². The first-order chi connectivity index (χ1) is 7.32. The van der Waals surface area contributed by atoms with Gasteiger partial charge in [-0.15, -0.1) is 0 Å². The van der Waals surface area contributed by atoms with Crippen LogP contribution in [0.1, 0.15) is 6.42 Å². The molecule has 8 nitrogen and oxygen atoms in total. The number of carboxylic acid groups (broad SMARTS) is 3. The highest BCUT2D eigenvalue weighted by molar-refractivity contribution is 5.92. The smallest absolute Gasteiger partial charge is 0.345 e. The molecule has 0 aromatic carbocycles. The number of ether oxygens (including phenoxy) is 1. The van der Waals surface area contributed by atoms with Gasteiger partial charge in [0.05, 0.1) is 6.42 Å². The summed E-state index contributed by atoms with van der Waals surface area (Å²) in [5.41, 5.74) is 0. The van der Waals surface area contributed by atoms with E-state index in [2.05, 4.69) is 4.74 Å². The minimum atomic E-state index is -1.84. The Balaban J connectivity index is 4.40. The fourth-order valence-electron chi connectivity index (χ4n) is 0.657. The van der Waals surface area contributed by atoms with E-state index in [9.17, 15) is 19.2 Å². The van der Waals surface area contributed by atoms with Gasteiger partial charge in [0.15, 0.2) is 0 Å². The molecule has 1 unspecified atom stereocenters. The summed E-state index contributed by atoms with van der Waals surface area (Å²) in [5, 5.41) is 24.9. The van der Waals surface area contributed by atoms with Crippen molar-refractivity contribution in [1.82, 2.24) is 0 Å². The highest BCUT2D eigenvalue weighted by atomic mass is 16.6. The Hall–Kier alpha value is -2.38. The van der Waals surface area contributed by atoms with Gasteiger partial charge in [-0.3, -0.25) is 4.79 Å². The van der Waals surface area contributed by atoms with E-state index in [4.69, 9.17) is 15.3 Å². The van der Waals surface area contributed by atoms with E-state index in [-0.39, 0.29) is 0 Å². The average Bonchev–Trinajstić information content (AvgIpc) is 2.12. The Labute approximate surface area is 88.7 Å². The molecule has 0 aliphatic heterocycles. The number of hydrogen-bond acceptors (Lipinski definition) is 5. The summed E-state index contributed by atoms with van der Waals surface area (Å²) in [7, 11) is 0. The molecule has 16 heavy (non-hydrogen) atoms. The molecule has 88 valence electrons. The first-order valence-corrected chi connectivity index (χ1v) is 3.89. The van der Waals surface area contributed by atoms with Crippen molar-refractivity contribution in [3.05, 3.63) is 12.2 Å². The summed E-state index contributed by atoms with van der Waals surface area (Å²) in [6.07, 6.45) is -1.81. The van der Waals surface area contributed by atoms with Crippen molar-refractivity contribution in [1.29, 1.82) is 0 Å². The third kappa shape index (κ3) is 6.13. The molecule has 3 N–H and O–H groups in total. The summed E-state index contributed by atoms with van der Waals surface area (Å²) in [5.74, 6) is -5.74. The second-order valence-corrected chi connectivity index (χ2v) is 2.53. The van der Waals surface area contributed by atoms with Gasteiger partial charge in [0.1, 0.15) is 0 Å². The lowest BCUT2D eigenvalue weighted by Crippen LogP contribution is -2.29. The Morgan fingerprint density at radius 1 is 1.06 bits per heavy atom. The Morgan fingerprint density at radius 3 is 2.00 bits per heavy atom. The number of aliphatic carboxylic acids is 3. The van der Waals surface area contributed by atoms with E-state index in [1.165, 1.54) is 0 Å². The summed E-state index contributed by atoms with van der Waals surface area (Å²) >= 11 is 0. The van der Waals surface area contributed by atoms with Crippen LogP contribution in [0.5, 0.6) is 0 Å². The van der Waals surface area contributed by atoms with Crippen molar-refractivity contribution in [2.24, 2.45) is 0 Å². The zero-order valence-electron chi connectivity index (χ0n) is 7.82. The molecule has 0 saturated carbocycles. The monoisotopic (exact) mass is 232 g/mol. The van der Waals surface area contributed by atoms with Crippen molar-refractivity contribution < 1.29 is 39.2 Å². The third-order valence-corrected chi connectivity index (χ3v) is 1.26. The van der Waals surface area contributed by atoms with Gasteiger partial charge in [-0.2, -0.15) is 0 Å². The maximum atomic E-state index is 10.8. The number of rotatable bonds is 6. The fraction of sp³-hybridized carbons (Fsp3) is 0.250. The van der Waals surface area contributed by atoms with Crippen LogP contribution in [0.4, 0.5) is 0 Å². The van der Waals surface area contributed by atoms with Crippen molar-refractivity contribution in [3.8, 4) is 0 Å². The van der Waals surface area contributed by atoms with Gasteiger partial charge in [0.2, 0.25) is 6.10 Å². The highest BCUT2D eigenvalue weighted by Gasteiger charge is 2.24. The predicted octanol–water partition coefficient (Wildman–Crippen LogP) is -0.902. The zero-order valence-corrected chi connectivity index (χ0v) is 7.82. The van der Waals surface area contributed by atoms with Crippen LogP contribution in [0.3, 0.4) is 0 Å². The van der Waals surface area contributed by atoms with E-state index in [1.807, 2.05) is 0 Å². The van der Waals surface area contributed by atoms with Crippen molar-refractivity contribution in [2.75, 3.05) is 0 Å². The van der Waals surface area contributed by atoms with Crippen molar-refractivity contribution >= 4 is 23.9 Å². The van der Waals surface area contributed by atoms with Crippen LogP contribution in [0.15, 0.2) is 12.2 Å². The normalized spacial score (nSPS) is 12.0. The molecule has 0 heterocycles. The van der Waals surface area contributed by atoms with E-state index in [0.29, 0.717) is 12.2 Å². The second kappa shape index (κ2) is 6.17. The van der Waals surface area contributed by atoms with Gasteiger partial charge < -0.3 is 20.1 Å². The molecule has 0 spiro atoms. The van der Waals surface area contributed by atoms with E-state index >= 15 is 0 Å². The number of hydrogen-bond donors (Lipinski definition) is 3. The average molecular weight is 232 g/mol. The van der Waals surface area contributed by atoms with Gasteiger partial charge in [0.25, 0.3) is 0 Å². The number of carbonyl (C=O) groups is 4. The summed E-state index contributed by atoms with van der Waals surface area (Å²) in [6.45, 7) is 0. The molecule has 0 fully saturated rings. The van der Waals surface area contributed by atoms with E-state index in [0.717, 1.165) is 0 Å². The van der Waals surface area contributed by atoms with Gasteiger partial charge in [0, 0.05) is 12.2 Å². The highest BCUT2D eigenvalue weighted by Crippen LogP contribution is 2.00. The molecule has 0 aliphatic carbocycles. The second-order valence-electron chi connectivity index (χ2n) is 2.53. The molecule has 0 aliphatic rings. The van der Waals surface area contributed by atoms with E-state index < -0.39 is 36.4 Å².